The molecule has 1 aliphatic heterocycles. The molecule has 1 aromatic heterocycles. The highest BCUT2D eigenvalue weighted by Gasteiger charge is 2.29. The molecule has 0 radical (unpaired) electrons. The molecule has 2 heterocycles. The predicted octanol–water partition coefficient (Wildman–Crippen LogP) is 3.07. The van der Waals surface area contributed by atoms with E-state index in [-0.39, 0.29) is 5.88 Å². The van der Waals surface area contributed by atoms with Gasteiger partial charge in [0.15, 0.2) is 0 Å². The van der Waals surface area contributed by atoms with Crippen molar-refractivity contribution >= 4 is 33.0 Å². The van der Waals surface area contributed by atoms with Crippen LogP contribution in [0.4, 0.5) is 0 Å². The predicted molar refractivity (Wildman–Crippen MR) is 83.4 cm³/mol. The van der Waals surface area contributed by atoms with Crippen molar-refractivity contribution in [3.63, 3.8) is 0 Å². The molecule has 7 heteroatoms. The first-order valence-electron chi connectivity index (χ1n) is 6.46. The average molecular weight is 344 g/mol. The summed E-state index contributed by atoms with van der Waals surface area (Å²) in [5, 5.41) is 1.76. The smallest absolute Gasteiger partial charge is 0.244 e. The Hall–Kier alpha value is -1.08. The maximum absolute atomic E-state index is 12.8. The normalized spacial score (nSPS) is 16.0. The van der Waals surface area contributed by atoms with Crippen molar-refractivity contribution in [1.82, 2.24) is 4.31 Å². The molecule has 0 aliphatic carbocycles. The van der Waals surface area contributed by atoms with Crippen LogP contribution >= 0.6 is 22.9 Å². The molecule has 0 unspecified atom stereocenters. The first-order chi connectivity index (χ1) is 10.1. The second-order valence-corrected chi connectivity index (χ2v) is 7.81. The Bertz CT molecular complexity index is 742. The lowest BCUT2D eigenvalue weighted by atomic mass is 10.2. The van der Waals surface area contributed by atoms with Crippen molar-refractivity contribution in [3.05, 3.63) is 46.2 Å². The molecule has 1 aromatic carbocycles. The molecule has 0 bridgehead atoms. The summed E-state index contributed by atoms with van der Waals surface area (Å²) in [6.45, 7) is 0.987. The highest BCUT2D eigenvalue weighted by Crippen LogP contribution is 2.30. The van der Waals surface area contributed by atoms with E-state index in [0.29, 0.717) is 29.5 Å². The number of hydrogen-bond donors (Lipinski definition) is 0. The van der Waals surface area contributed by atoms with Gasteiger partial charge in [-0.3, -0.25) is 0 Å². The van der Waals surface area contributed by atoms with Crippen LogP contribution in [0.2, 0.25) is 0 Å². The van der Waals surface area contributed by atoms with Crippen LogP contribution in [0.3, 0.4) is 0 Å². The minimum Gasteiger partial charge on any atom is -0.492 e. The SMILES string of the molecule is O=S(=O)(c1ccsc1CCl)N1CCOc2ccccc2C1. The molecular weight excluding hydrogens is 330 g/mol. The van der Waals surface area contributed by atoms with Gasteiger partial charge in [-0.2, -0.15) is 4.31 Å². The Balaban J connectivity index is 1.97. The summed E-state index contributed by atoms with van der Waals surface area (Å²) < 4.78 is 32.7. The lowest BCUT2D eigenvalue weighted by Crippen LogP contribution is -2.32. The number of ether oxygens (including phenoxy) is 1. The van der Waals surface area contributed by atoms with Gasteiger partial charge in [0.1, 0.15) is 12.4 Å². The van der Waals surface area contributed by atoms with Crippen LogP contribution in [0, 0.1) is 0 Å². The van der Waals surface area contributed by atoms with Gasteiger partial charge in [-0.05, 0) is 17.5 Å². The summed E-state index contributed by atoms with van der Waals surface area (Å²) in [5.41, 5.74) is 0.876. The van der Waals surface area contributed by atoms with Crippen LogP contribution < -0.4 is 4.74 Å². The fourth-order valence-corrected chi connectivity index (χ4v) is 5.38. The summed E-state index contributed by atoms with van der Waals surface area (Å²) in [4.78, 5) is 0.983. The zero-order valence-electron chi connectivity index (χ0n) is 11.2. The van der Waals surface area contributed by atoms with Crippen molar-refractivity contribution < 1.29 is 13.2 Å². The van der Waals surface area contributed by atoms with Gasteiger partial charge in [0.05, 0.1) is 10.8 Å². The number of para-hydroxylation sites is 1. The first kappa shape index (κ1) is 14.8. The molecule has 3 rings (SSSR count). The van der Waals surface area contributed by atoms with Crippen LogP contribution in [0.25, 0.3) is 0 Å². The Morgan fingerprint density at radius 1 is 1.29 bits per heavy atom. The van der Waals surface area contributed by atoms with Gasteiger partial charge >= 0.3 is 0 Å². The van der Waals surface area contributed by atoms with Crippen molar-refractivity contribution in [2.45, 2.75) is 17.3 Å². The number of thiophene rings is 1. The number of benzene rings is 1. The third kappa shape index (κ3) is 2.81. The van der Waals surface area contributed by atoms with Crippen molar-refractivity contribution in [1.29, 1.82) is 0 Å². The topological polar surface area (TPSA) is 46.6 Å². The third-order valence-corrected chi connectivity index (χ3v) is 6.77. The molecule has 0 atom stereocenters. The van der Waals surface area contributed by atoms with E-state index in [4.69, 9.17) is 16.3 Å². The Morgan fingerprint density at radius 2 is 2.10 bits per heavy atom. The monoisotopic (exact) mass is 343 g/mol. The number of nitrogens with zero attached hydrogens (tertiary/aromatic N) is 1. The highest BCUT2D eigenvalue weighted by molar-refractivity contribution is 7.89. The Morgan fingerprint density at radius 3 is 2.90 bits per heavy atom. The third-order valence-electron chi connectivity index (χ3n) is 3.36. The number of rotatable bonds is 3. The minimum absolute atomic E-state index is 0.202. The van der Waals surface area contributed by atoms with Gasteiger partial charge in [-0.1, -0.05) is 18.2 Å². The van der Waals surface area contributed by atoms with Gasteiger partial charge in [0.25, 0.3) is 0 Å². The van der Waals surface area contributed by atoms with E-state index in [2.05, 4.69) is 0 Å². The molecule has 1 aliphatic rings. The molecule has 0 spiro atoms. The zero-order valence-corrected chi connectivity index (χ0v) is 13.5. The van der Waals surface area contributed by atoms with Crippen molar-refractivity contribution in [2.75, 3.05) is 13.2 Å². The molecule has 21 heavy (non-hydrogen) atoms. The summed E-state index contributed by atoms with van der Waals surface area (Å²) in [6.07, 6.45) is 0. The van der Waals surface area contributed by atoms with E-state index in [9.17, 15) is 8.42 Å². The van der Waals surface area contributed by atoms with E-state index in [0.717, 1.165) is 11.3 Å². The van der Waals surface area contributed by atoms with E-state index in [1.165, 1.54) is 15.6 Å². The summed E-state index contributed by atoms with van der Waals surface area (Å²) >= 11 is 7.20. The quantitative estimate of drug-likeness (QED) is 0.805. The van der Waals surface area contributed by atoms with E-state index >= 15 is 0 Å². The average Bonchev–Trinajstić information content (AvgIpc) is 2.86. The van der Waals surface area contributed by atoms with Gasteiger partial charge in [0, 0.05) is 23.5 Å². The van der Waals surface area contributed by atoms with Crippen LogP contribution in [0.1, 0.15) is 10.4 Å². The lowest BCUT2D eigenvalue weighted by Gasteiger charge is -2.19. The standard InChI is InChI=1S/C14H14ClNO3S2/c15-9-13-14(5-8-20-13)21(17,18)16-6-7-19-12-4-2-1-3-11(12)10-16/h1-5,8H,6-7,9-10H2. The van der Waals surface area contributed by atoms with E-state index < -0.39 is 10.0 Å². The number of hydrogen-bond acceptors (Lipinski definition) is 4. The summed E-state index contributed by atoms with van der Waals surface area (Å²) in [5.74, 6) is 0.950. The second-order valence-electron chi connectivity index (χ2n) is 4.64. The zero-order chi connectivity index (χ0) is 14.9. The number of halogens is 1. The lowest BCUT2D eigenvalue weighted by molar-refractivity contribution is 0.293. The van der Waals surface area contributed by atoms with Gasteiger partial charge in [-0.15, -0.1) is 22.9 Å². The van der Waals surface area contributed by atoms with Gasteiger partial charge in [-0.25, -0.2) is 8.42 Å². The molecule has 112 valence electrons. The van der Waals surface area contributed by atoms with Crippen molar-refractivity contribution in [2.24, 2.45) is 0 Å². The number of alkyl halides is 1. The highest BCUT2D eigenvalue weighted by atomic mass is 35.5. The van der Waals surface area contributed by atoms with Crippen molar-refractivity contribution in [3.8, 4) is 5.75 Å². The molecule has 0 saturated carbocycles. The number of fused-ring (bicyclic) bond motifs is 1. The summed E-state index contributed by atoms with van der Waals surface area (Å²) in [7, 11) is -3.55. The first-order valence-corrected chi connectivity index (χ1v) is 9.31. The molecule has 0 amide bonds. The maximum Gasteiger partial charge on any atom is 0.244 e. The fraction of sp³-hybridized carbons (Fsp3) is 0.286. The van der Waals surface area contributed by atoms with Crippen LogP contribution in [0.5, 0.6) is 5.75 Å². The molecule has 0 saturated heterocycles. The molecule has 0 fully saturated rings. The Labute approximate surface area is 133 Å². The van der Waals surface area contributed by atoms with E-state index in [1.807, 2.05) is 24.3 Å². The minimum atomic E-state index is -3.55. The molecule has 2 aromatic rings. The van der Waals surface area contributed by atoms with Crippen LogP contribution in [-0.4, -0.2) is 25.9 Å². The fourth-order valence-electron chi connectivity index (χ4n) is 2.30. The van der Waals surface area contributed by atoms with E-state index in [1.54, 1.807) is 11.4 Å². The van der Waals surface area contributed by atoms with Gasteiger partial charge in [0.2, 0.25) is 10.0 Å². The summed E-state index contributed by atoms with van der Waals surface area (Å²) in [6, 6.07) is 9.13. The second kappa shape index (κ2) is 5.96. The Kier molecular flexibility index (Phi) is 4.21. The number of sulfonamides is 1. The van der Waals surface area contributed by atoms with Gasteiger partial charge < -0.3 is 4.74 Å². The largest absolute Gasteiger partial charge is 0.492 e. The van der Waals surface area contributed by atoms with Crippen LogP contribution in [0.15, 0.2) is 40.6 Å². The molecule has 4 nitrogen and oxygen atoms in total. The molecule has 0 N–H and O–H groups in total. The van der Waals surface area contributed by atoms with Crippen LogP contribution in [-0.2, 0) is 22.4 Å². The molecular formula is C14H14ClNO3S2. The maximum atomic E-state index is 12.8.